The Balaban J connectivity index is 1.70. The van der Waals surface area contributed by atoms with Gasteiger partial charge in [0, 0.05) is 5.69 Å². The molecule has 0 bridgehead atoms. The van der Waals surface area contributed by atoms with Gasteiger partial charge >= 0.3 is 0 Å². The van der Waals surface area contributed by atoms with Crippen LogP contribution in [0.25, 0.3) is 16.6 Å². The number of nitrogens with one attached hydrogen (secondary N) is 1. The number of carbonyl (C=O) groups is 1. The minimum absolute atomic E-state index is 0.135. The van der Waals surface area contributed by atoms with Crippen molar-refractivity contribution in [2.45, 2.75) is 39.8 Å². The molecule has 0 atom stereocenters. The van der Waals surface area contributed by atoms with E-state index in [1.165, 1.54) is 11.8 Å². The molecule has 168 valence electrons. The smallest absolute Gasteiger partial charge is 0.266 e. The number of para-hydroxylation sites is 1. The Hall–Kier alpha value is -3.38. The van der Waals surface area contributed by atoms with E-state index in [4.69, 9.17) is 4.98 Å². The summed E-state index contributed by atoms with van der Waals surface area (Å²) < 4.78 is 1.61. The maximum Gasteiger partial charge on any atom is 0.266 e. The van der Waals surface area contributed by atoms with E-state index >= 15 is 0 Å². The molecule has 5 nitrogen and oxygen atoms in total. The van der Waals surface area contributed by atoms with Gasteiger partial charge in [0.25, 0.3) is 5.56 Å². The molecule has 3 aromatic carbocycles. The normalized spacial score (nSPS) is 11.1. The number of fused-ring (bicyclic) bond motifs is 1. The summed E-state index contributed by atoms with van der Waals surface area (Å²) in [4.78, 5) is 31.0. The number of rotatable bonds is 5. The van der Waals surface area contributed by atoms with E-state index in [0.29, 0.717) is 16.1 Å². The van der Waals surface area contributed by atoms with E-state index in [1.54, 1.807) is 10.6 Å². The maximum absolute atomic E-state index is 13.4. The number of carbonyl (C=O) groups excluding carboxylic acids is 1. The standard InChI is InChI=1S/C27H27N3O2S/c1-16-10-17(2)14-21(13-16)30-26(32)22-8-6-7-9-23(22)28-27(30)33-15-24(31)29-25-19(4)11-18(3)12-20(25)5/h6-14H,15H2,1-5H3,(H,29,31). The summed E-state index contributed by atoms with van der Waals surface area (Å²) in [5, 5.41) is 4.08. The van der Waals surface area contributed by atoms with E-state index in [9.17, 15) is 9.59 Å². The first-order valence-electron chi connectivity index (χ1n) is 10.8. The third-order valence-electron chi connectivity index (χ3n) is 5.48. The third-order valence-corrected chi connectivity index (χ3v) is 6.42. The van der Waals surface area contributed by atoms with Gasteiger partial charge in [-0.15, -0.1) is 0 Å². The predicted octanol–water partition coefficient (Wildman–Crippen LogP) is 5.66. The Bertz CT molecular complexity index is 1400. The summed E-state index contributed by atoms with van der Waals surface area (Å²) in [7, 11) is 0. The van der Waals surface area contributed by atoms with Gasteiger partial charge < -0.3 is 5.32 Å². The van der Waals surface area contributed by atoms with Gasteiger partial charge in [-0.25, -0.2) is 4.98 Å². The molecule has 1 heterocycles. The molecule has 1 aromatic heterocycles. The summed E-state index contributed by atoms with van der Waals surface area (Å²) >= 11 is 1.26. The second-order valence-electron chi connectivity index (χ2n) is 8.51. The van der Waals surface area contributed by atoms with Crippen LogP contribution in [0.3, 0.4) is 0 Å². The lowest BCUT2D eigenvalue weighted by atomic mass is 10.1. The van der Waals surface area contributed by atoms with Crippen LogP contribution in [0.1, 0.15) is 27.8 Å². The highest BCUT2D eigenvalue weighted by Crippen LogP contribution is 2.25. The monoisotopic (exact) mass is 457 g/mol. The fourth-order valence-electron chi connectivity index (χ4n) is 4.20. The van der Waals surface area contributed by atoms with Crippen molar-refractivity contribution in [2.24, 2.45) is 0 Å². The van der Waals surface area contributed by atoms with Gasteiger partial charge in [-0.3, -0.25) is 14.2 Å². The number of aromatic nitrogens is 2. The van der Waals surface area contributed by atoms with Gasteiger partial charge in [-0.05, 0) is 81.1 Å². The van der Waals surface area contributed by atoms with Gasteiger partial charge in [0.15, 0.2) is 5.16 Å². The molecule has 4 rings (SSSR count). The van der Waals surface area contributed by atoms with Crippen LogP contribution in [-0.4, -0.2) is 21.2 Å². The lowest BCUT2D eigenvalue weighted by molar-refractivity contribution is -0.113. The van der Waals surface area contributed by atoms with Crippen LogP contribution in [0.4, 0.5) is 5.69 Å². The number of hydrogen-bond acceptors (Lipinski definition) is 4. The van der Waals surface area contributed by atoms with E-state index in [2.05, 4.69) is 23.5 Å². The second kappa shape index (κ2) is 9.24. The molecule has 0 saturated carbocycles. The van der Waals surface area contributed by atoms with Crippen LogP contribution in [-0.2, 0) is 4.79 Å². The molecular weight excluding hydrogens is 430 g/mol. The highest BCUT2D eigenvalue weighted by atomic mass is 32.2. The highest BCUT2D eigenvalue weighted by molar-refractivity contribution is 7.99. The Kier molecular flexibility index (Phi) is 6.38. The van der Waals surface area contributed by atoms with Gasteiger partial charge in [0.2, 0.25) is 5.91 Å². The van der Waals surface area contributed by atoms with Crippen molar-refractivity contribution in [2.75, 3.05) is 11.1 Å². The van der Waals surface area contributed by atoms with Crippen molar-refractivity contribution >= 4 is 34.3 Å². The molecule has 0 aliphatic carbocycles. The van der Waals surface area contributed by atoms with Crippen LogP contribution >= 0.6 is 11.8 Å². The molecule has 1 amide bonds. The quantitative estimate of drug-likeness (QED) is 0.310. The van der Waals surface area contributed by atoms with E-state index < -0.39 is 0 Å². The number of thioether (sulfide) groups is 1. The van der Waals surface area contributed by atoms with Crippen molar-refractivity contribution in [1.29, 1.82) is 0 Å². The average Bonchev–Trinajstić information content (AvgIpc) is 2.74. The fourth-order valence-corrected chi connectivity index (χ4v) is 5.01. The summed E-state index contributed by atoms with van der Waals surface area (Å²) in [6.45, 7) is 10.0. The average molecular weight is 458 g/mol. The SMILES string of the molecule is Cc1cc(C)cc(-n2c(SCC(=O)Nc3c(C)cc(C)cc3C)nc3ccccc3c2=O)c1. The summed E-state index contributed by atoms with van der Waals surface area (Å²) in [6.07, 6.45) is 0. The summed E-state index contributed by atoms with van der Waals surface area (Å²) in [6, 6.07) is 17.4. The van der Waals surface area contributed by atoms with Crippen LogP contribution in [0.15, 0.2) is 64.5 Å². The zero-order valence-electron chi connectivity index (χ0n) is 19.5. The minimum atomic E-state index is -0.140. The second-order valence-corrected chi connectivity index (χ2v) is 9.45. The zero-order valence-corrected chi connectivity index (χ0v) is 20.3. The van der Waals surface area contributed by atoms with Crippen LogP contribution in [0.2, 0.25) is 0 Å². The molecule has 4 aromatic rings. The molecule has 0 aliphatic heterocycles. The lowest BCUT2D eigenvalue weighted by Crippen LogP contribution is -2.23. The van der Waals surface area contributed by atoms with Gasteiger partial charge in [0.1, 0.15) is 0 Å². The Morgan fingerprint density at radius 2 is 1.52 bits per heavy atom. The minimum Gasteiger partial charge on any atom is -0.325 e. The van der Waals surface area contributed by atoms with Crippen LogP contribution < -0.4 is 10.9 Å². The maximum atomic E-state index is 13.4. The first kappa shape index (κ1) is 22.8. The van der Waals surface area contributed by atoms with E-state index in [-0.39, 0.29) is 17.2 Å². The topological polar surface area (TPSA) is 64.0 Å². The van der Waals surface area contributed by atoms with Crippen molar-refractivity contribution in [3.8, 4) is 5.69 Å². The zero-order chi connectivity index (χ0) is 23.7. The predicted molar refractivity (Wildman–Crippen MR) is 137 cm³/mol. The number of hydrogen-bond donors (Lipinski definition) is 1. The molecule has 0 saturated heterocycles. The molecule has 33 heavy (non-hydrogen) atoms. The van der Waals surface area contributed by atoms with Gasteiger partial charge in [-0.1, -0.05) is 47.7 Å². The van der Waals surface area contributed by atoms with Crippen molar-refractivity contribution in [3.05, 3.63) is 92.8 Å². The van der Waals surface area contributed by atoms with E-state index in [0.717, 1.165) is 39.2 Å². The molecule has 0 fully saturated rings. The summed E-state index contributed by atoms with van der Waals surface area (Å²) in [5.41, 5.74) is 7.41. The number of amides is 1. The Labute approximate surface area is 197 Å². The van der Waals surface area contributed by atoms with Gasteiger partial charge in [0.05, 0.1) is 22.3 Å². The van der Waals surface area contributed by atoms with E-state index in [1.807, 2.05) is 65.0 Å². The number of benzene rings is 3. The van der Waals surface area contributed by atoms with Crippen molar-refractivity contribution < 1.29 is 4.79 Å². The largest absolute Gasteiger partial charge is 0.325 e. The molecule has 6 heteroatoms. The Morgan fingerprint density at radius 1 is 0.909 bits per heavy atom. The number of anilines is 1. The molecule has 0 aliphatic rings. The first-order valence-corrected chi connectivity index (χ1v) is 11.8. The van der Waals surface area contributed by atoms with Gasteiger partial charge in [-0.2, -0.15) is 0 Å². The lowest BCUT2D eigenvalue weighted by Gasteiger charge is -2.15. The van der Waals surface area contributed by atoms with Crippen LogP contribution in [0, 0.1) is 34.6 Å². The number of aryl methyl sites for hydroxylation is 5. The van der Waals surface area contributed by atoms with Crippen LogP contribution in [0.5, 0.6) is 0 Å². The number of nitrogens with zero attached hydrogens (tertiary/aromatic N) is 2. The molecule has 0 spiro atoms. The van der Waals surface area contributed by atoms with Crippen molar-refractivity contribution in [3.63, 3.8) is 0 Å². The molecule has 1 N–H and O–H groups in total. The molecule has 0 radical (unpaired) electrons. The molecule has 0 unspecified atom stereocenters. The summed E-state index contributed by atoms with van der Waals surface area (Å²) in [5.74, 6) is 0.00642. The molecular formula is C27H27N3O2S. The third kappa shape index (κ3) is 4.86. The first-order chi connectivity index (χ1) is 15.7. The fraction of sp³-hybridized carbons (Fsp3) is 0.222. The Morgan fingerprint density at radius 3 is 2.18 bits per heavy atom. The van der Waals surface area contributed by atoms with Crippen molar-refractivity contribution in [1.82, 2.24) is 9.55 Å². The highest BCUT2D eigenvalue weighted by Gasteiger charge is 2.16.